The van der Waals surface area contributed by atoms with E-state index in [0.717, 1.165) is 4.31 Å². The quantitative estimate of drug-likeness (QED) is 0.785. The normalized spacial score (nSPS) is 16.2. The number of nitrogens with zero attached hydrogens (tertiary/aromatic N) is 3. The number of amides is 1. The number of hydrogen-bond donors (Lipinski definition) is 0. The second kappa shape index (κ2) is 4.53. The van der Waals surface area contributed by atoms with Crippen molar-refractivity contribution in [1.29, 1.82) is 0 Å². The van der Waals surface area contributed by atoms with Crippen molar-refractivity contribution in [2.24, 2.45) is 0 Å². The van der Waals surface area contributed by atoms with Gasteiger partial charge in [0.25, 0.3) is 15.9 Å². The van der Waals surface area contributed by atoms with Crippen molar-refractivity contribution in [2.75, 3.05) is 0 Å². The minimum atomic E-state index is -3.90. The van der Waals surface area contributed by atoms with E-state index in [1.54, 1.807) is 6.07 Å². The van der Waals surface area contributed by atoms with E-state index in [2.05, 4.69) is 9.97 Å². The Labute approximate surface area is 120 Å². The fraction of sp³-hybridized carbons (Fsp3) is 0.0833. The summed E-state index contributed by atoms with van der Waals surface area (Å²) in [6.45, 7) is -0.0975. The highest BCUT2D eigenvalue weighted by molar-refractivity contribution is 7.90. The van der Waals surface area contributed by atoms with Crippen LogP contribution in [0.25, 0.3) is 0 Å². The zero-order valence-corrected chi connectivity index (χ0v) is 11.6. The molecule has 0 spiro atoms. The molecule has 6 nitrogen and oxygen atoms in total. The second-order valence-corrected chi connectivity index (χ2v) is 6.32. The highest BCUT2D eigenvalue weighted by atomic mass is 35.5. The van der Waals surface area contributed by atoms with E-state index >= 15 is 0 Å². The number of pyridine rings is 2. The Kier molecular flexibility index (Phi) is 2.95. The van der Waals surface area contributed by atoms with Gasteiger partial charge >= 0.3 is 0 Å². The molecule has 2 aromatic rings. The van der Waals surface area contributed by atoms with Gasteiger partial charge in [-0.1, -0.05) is 11.6 Å². The first kappa shape index (κ1) is 13.0. The summed E-state index contributed by atoms with van der Waals surface area (Å²) in [5.41, 5.74) is 0.669. The van der Waals surface area contributed by atoms with Gasteiger partial charge < -0.3 is 0 Å². The molecule has 0 unspecified atom stereocenters. The van der Waals surface area contributed by atoms with Crippen LogP contribution >= 0.6 is 11.6 Å². The predicted molar refractivity (Wildman–Crippen MR) is 70.5 cm³/mol. The lowest BCUT2D eigenvalue weighted by Gasteiger charge is -2.14. The largest absolute Gasteiger partial charge is 0.285 e. The third kappa shape index (κ3) is 1.95. The standard InChI is InChI=1S/C12H8ClN3O3S/c13-10-6-8(3-5-14-10)7-16-12(17)9-2-1-4-15-11(9)20(16,18)19/h1-6H,7H2. The molecule has 20 heavy (non-hydrogen) atoms. The minimum Gasteiger partial charge on any atom is -0.268 e. The van der Waals surface area contributed by atoms with Crippen LogP contribution in [0.2, 0.25) is 5.15 Å². The maximum atomic E-state index is 12.3. The molecule has 102 valence electrons. The SMILES string of the molecule is O=C1c2cccnc2S(=O)(=O)N1Cc1ccnc(Cl)c1. The minimum absolute atomic E-state index is 0.0904. The molecule has 0 aromatic carbocycles. The molecule has 0 aliphatic carbocycles. The molecule has 0 fully saturated rings. The molecular weight excluding hydrogens is 302 g/mol. The summed E-state index contributed by atoms with van der Waals surface area (Å²) in [6, 6.07) is 6.09. The van der Waals surface area contributed by atoms with E-state index in [9.17, 15) is 13.2 Å². The molecule has 1 aliphatic heterocycles. The van der Waals surface area contributed by atoms with Crippen molar-refractivity contribution in [3.63, 3.8) is 0 Å². The number of carbonyl (C=O) groups is 1. The summed E-state index contributed by atoms with van der Waals surface area (Å²) in [7, 11) is -3.90. The first-order chi connectivity index (χ1) is 9.50. The van der Waals surface area contributed by atoms with Crippen molar-refractivity contribution in [3.8, 4) is 0 Å². The van der Waals surface area contributed by atoms with Gasteiger partial charge in [-0.3, -0.25) is 4.79 Å². The second-order valence-electron chi connectivity index (χ2n) is 4.16. The number of aromatic nitrogens is 2. The van der Waals surface area contributed by atoms with Crippen LogP contribution in [0.3, 0.4) is 0 Å². The zero-order chi connectivity index (χ0) is 14.3. The van der Waals surface area contributed by atoms with E-state index < -0.39 is 15.9 Å². The van der Waals surface area contributed by atoms with Crippen molar-refractivity contribution < 1.29 is 13.2 Å². The van der Waals surface area contributed by atoms with Crippen LogP contribution in [0.4, 0.5) is 0 Å². The molecule has 1 aliphatic rings. The van der Waals surface area contributed by atoms with Crippen LogP contribution in [0.15, 0.2) is 41.7 Å². The highest BCUT2D eigenvalue weighted by Crippen LogP contribution is 2.29. The average molecular weight is 310 g/mol. The average Bonchev–Trinajstić information content (AvgIpc) is 2.61. The Balaban J connectivity index is 2.03. The van der Waals surface area contributed by atoms with Crippen LogP contribution in [0.1, 0.15) is 15.9 Å². The van der Waals surface area contributed by atoms with E-state index in [4.69, 9.17) is 11.6 Å². The van der Waals surface area contributed by atoms with Crippen LogP contribution in [0.5, 0.6) is 0 Å². The van der Waals surface area contributed by atoms with E-state index in [1.165, 1.54) is 30.6 Å². The van der Waals surface area contributed by atoms with Gasteiger partial charge in [0.2, 0.25) is 0 Å². The van der Waals surface area contributed by atoms with Gasteiger partial charge in [0.1, 0.15) is 5.15 Å². The maximum absolute atomic E-state index is 12.3. The number of carbonyl (C=O) groups excluding carboxylic acids is 1. The number of halogens is 1. The molecule has 0 saturated heterocycles. The summed E-state index contributed by atoms with van der Waals surface area (Å²) >= 11 is 5.75. The molecule has 0 radical (unpaired) electrons. The van der Waals surface area contributed by atoms with Gasteiger partial charge in [-0.15, -0.1) is 0 Å². The topological polar surface area (TPSA) is 80.2 Å². The van der Waals surface area contributed by atoms with Gasteiger partial charge in [-0.05, 0) is 29.8 Å². The van der Waals surface area contributed by atoms with Crippen LogP contribution in [-0.2, 0) is 16.6 Å². The van der Waals surface area contributed by atoms with Crippen molar-refractivity contribution in [2.45, 2.75) is 11.6 Å². The Morgan fingerprint density at radius 3 is 2.70 bits per heavy atom. The van der Waals surface area contributed by atoms with Gasteiger partial charge in [-0.25, -0.2) is 14.3 Å². The lowest BCUT2D eigenvalue weighted by Crippen LogP contribution is -2.29. The first-order valence-electron chi connectivity index (χ1n) is 5.62. The molecule has 0 saturated carbocycles. The Bertz CT molecular complexity index is 807. The summed E-state index contributed by atoms with van der Waals surface area (Å²) in [6.07, 6.45) is 2.80. The molecule has 3 heterocycles. The molecule has 2 aromatic heterocycles. The van der Waals surface area contributed by atoms with E-state index in [1.807, 2.05) is 0 Å². The zero-order valence-electron chi connectivity index (χ0n) is 10.0. The monoisotopic (exact) mass is 309 g/mol. The number of sulfonamides is 1. The van der Waals surface area contributed by atoms with Gasteiger partial charge in [0.05, 0.1) is 12.1 Å². The van der Waals surface area contributed by atoms with Crippen molar-refractivity contribution in [3.05, 3.63) is 52.9 Å². The van der Waals surface area contributed by atoms with Crippen molar-refractivity contribution in [1.82, 2.24) is 14.3 Å². The summed E-state index contributed by atoms with van der Waals surface area (Å²) < 4.78 is 25.3. The fourth-order valence-electron chi connectivity index (χ4n) is 1.97. The van der Waals surface area contributed by atoms with E-state index in [0.29, 0.717) is 5.56 Å². The number of hydrogen-bond acceptors (Lipinski definition) is 5. The first-order valence-corrected chi connectivity index (χ1v) is 7.44. The van der Waals surface area contributed by atoms with Crippen LogP contribution in [-0.4, -0.2) is 28.6 Å². The van der Waals surface area contributed by atoms with Gasteiger partial charge in [-0.2, -0.15) is 8.42 Å². The van der Waals surface area contributed by atoms with Crippen LogP contribution < -0.4 is 0 Å². The lowest BCUT2D eigenvalue weighted by molar-refractivity contribution is 0.0865. The van der Waals surface area contributed by atoms with Gasteiger partial charge in [0.15, 0.2) is 5.03 Å². The Hall–Kier alpha value is -1.99. The van der Waals surface area contributed by atoms with E-state index in [-0.39, 0.29) is 22.3 Å². The fourth-order valence-corrected chi connectivity index (χ4v) is 3.64. The molecule has 1 amide bonds. The molecule has 0 N–H and O–H groups in total. The van der Waals surface area contributed by atoms with Gasteiger partial charge in [0, 0.05) is 12.4 Å². The summed E-state index contributed by atoms with van der Waals surface area (Å²) in [5.74, 6) is -0.582. The summed E-state index contributed by atoms with van der Waals surface area (Å²) in [4.78, 5) is 19.8. The summed E-state index contributed by atoms with van der Waals surface area (Å²) in [5, 5.41) is 0.0346. The molecule has 0 bridgehead atoms. The lowest BCUT2D eigenvalue weighted by atomic mass is 10.2. The molecule has 0 atom stereocenters. The maximum Gasteiger partial charge on any atom is 0.285 e. The third-order valence-corrected chi connectivity index (χ3v) is 4.78. The van der Waals surface area contributed by atoms with Crippen LogP contribution in [0, 0.1) is 0 Å². The Morgan fingerprint density at radius 1 is 1.20 bits per heavy atom. The smallest absolute Gasteiger partial charge is 0.268 e. The number of rotatable bonds is 2. The predicted octanol–water partition coefficient (Wildman–Crippen LogP) is 1.47. The highest BCUT2D eigenvalue weighted by Gasteiger charge is 2.42. The molecule has 8 heteroatoms. The number of fused-ring (bicyclic) bond motifs is 1. The van der Waals surface area contributed by atoms with Crippen molar-refractivity contribution >= 4 is 27.5 Å². The molecule has 3 rings (SSSR count). The third-order valence-electron chi connectivity index (χ3n) is 2.88. The molecular formula is C12H8ClN3O3S. The Morgan fingerprint density at radius 2 is 2.00 bits per heavy atom.